The highest BCUT2D eigenvalue weighted by molar-refractivity contribution is 8.00. The van der Waals surface area contributed by atoms with Crippen molar-refractivity contribution in [2.75, 3.05) is 25.2 Å². The van der Waals surface area contributed by atoms with Gasteiger partial charge in [-0.05, 0) is 29.6 Å². The molecule has 3 rings (SSSR count). The van der Waals surface area contributed by atoms with Gasteiger partial charge in [0.05, 0.1) is 16.7 Å². The molecule has 20 heavy (non-hydrogen) atoms. The number of thioether (sulfide) groups is 1. The van der Waals surface area contributed by atoms with Gasteiger partial charge in [-0.3, -0.25) is 4.79 Å². The summed E-state index contributed by atoms with van der Waals surface area (Å²) in [6.45, 7) is 0.605. The zero-order valence-corrected chi connectivity index (χ0v) is 13.4. The summed E-state index contributed by atoms with van der Waals surface area (Å²) >= 11 is 14.7. The summed E-state index contributed by atoms with van der Waals surface area (Å²) < 4.78 is 5.61. The molecule has 1 amide bonds. The quantitative estimate of drug-likeness (QED) is 0.923. The van der Waals surface area contributed by atoms with E-state index in [9.17, 15) is 4.79 Å². The summed E-state index contributed by atoms with van der Waals surface area (Å²) in [4.78, 5) is 12.1. The molecule has 1 aromatic carbocycles. The molecule has 0 saturated carbocycles. The highest BCUT2D eigenvalue weighted by Gasteiger charge is 2.34. The van der Waals surface area contributed by atoms with Gasteiger partial charge in [-0.25, -0.2) is 0 Å². The average Bonchev–Trinajstić information content (AvgIpc) is 2.38. The lowest BCUT2D eigenvalue weighted by Gasteiger charge is -2.34. The molecule has 3 nitrogen and oxygen atoms in total. The van der Waals surface area contributed by atoms with Gasteiger partial charge < -0.3 is 10.1 Å². The van der Waals surface area contributed by atoms with Gasteiger partial charge in [-0.1, -0.05) is 23.2 Å². The molecule has 1 N–H and O–H groups in total. The largest absolute Gasteiger partial charge is 0.376 e. The van der Waals surface area contributed by atoms with Gasteiger partial charge in [0.15, 0.2) is 0 Å². The van der Waals surface area contributed by atoms with E-state index in [0.717, 1.165) is 29.1 Å². The SMILES string of the molecule is COC(c1cc(Cl)c2c(c1Cl)C(=O)NCC2)C1CSC1. The predicted molar refractivity (Wildman–Crippen MR) is 83.1 cm³/mol. The number of benzene rings is 1. The monoisotopic (exact) mass is 331 g/mol. The Balaban J connectivity index is 2.09. The molecule has 2 aliphatic rings. The first-order chi connectivity index (χ1) is 9.63. The highest BCUT2D eigenvalue weighted by Crippen LogP contribution is 2.43. The van der Waals surface area contributed by atoms with Crippen LogP contribution < -0.4 is 5.32 Å². The molecule has 108 valence electrons. The molecule has 1 unspecified atom stereocenters. The third-order valence-corrected chi connectivity index (χ3v) is 5.96. The number of hydrogen-bond donors (Lipinski definition) is 1. The Labute approximate surface area is 132 Å². The molecule has 1 fully saturated rings. The molecule has 0 radical (unpaired) electrons. The van der Waals surface area contributed by atoms with E-state index in [1.54, 1.807) is 7.11 Å². The van der Waals surface area contributed by atoms with Crippen LogP contribution in [0.25, 0.3) is 0 Å². The summed E-state index contributed by atoms with van der Waals surface area (Å²) in [6, 6.07) is 1.87. The third-order valence-electron chi connectivity index (χ3n) is 3.89. The number of fused-ring (bicyclic) bond motifs is 1. The third kappa shape index (κ3) is 2.33. The lowest BCUT2D eigenvalue weighted by molar-refractivity contribution is 0.0641. The Kier molecular flexibility index (Phi) is 4.18. The minimum absolute atomic E-state index is 0.0960. The maximum atomic E-state index is 12.1. The van der Waals surface area contributed by atoms with Crippen molar-refractivity contribution in [2.24, 2.45) is 5.92 Å². The Bertz CT molecular complexity index is 561. The second-order valence-electron chi connectivity index (χ2n) is 5.07. The molecular formula is C14H15Cl2NO2S. The number of rotatable bonds is 3. The normalized spacial score (nSPS) is 20.1. The zero-order chi connectivity index (χ0) is 14.3. The number of ether oxygens (including phenoxy) is 1. The molecule has 0 bridgehead atoms. The Morgan fingerprint density at radius 1 is 1.45 bits per heavy atom. The molecule has 0 aliphatic carbocycles. The number of carbonyl (C=O) groups is 1. The van der Waals surface area contributed by atoms with Gasteiger partial charge in [-0.2, -0.15) is 11.8 Å². The van der Waals surface area contributed by atoms with Crippen LogP contribution in [-0.4, -0.2) is 31.1 Å². The summed E-state index contributed by atoms with van der Waals surface area (Å²) in [7, 11) is 1.68. The fraction of sp³-hybridized carbons (Fsp3) is 0.500. The summed E-state index contributed by atoms with van der Waals surface area (Å²) in [5.41, 5.74) is 2.21. The molecule has 6 heteroatoms. The first-order valence-corrected chi connectivity index (χ1v) is 8.44. The maximum Gasteiger partial charge on any atom is 0.253 e. The van der Waals surface area contributed by atoms with Crippen LogP contribution in [0.2, 0.25) is 10.0 Å². The van der Waals surface area contributed by atoms with Crippen LogP contribution in [0.5, 0.6) is 0 Å². The zero-order valence-electron chi connectivity index (χ0n) is 11.0. The number of nitrogens with one attached hydrogen (secondary N) is 1. The van der Waals surface area contributed by atoms with Crippen molar-refractivity contribution in [1.29, 1.82) is 0 Å². The minimum atomic E-state index is -0.141. The Morgan fingerprint density at radius 2 is 2.20 bits per heavy atom. The second-order valence-corrected chi connectivity index (χ2v) is 6.93. The van der Waals surface area contributed by atoms with E-state index in [2.05, 4.69) is 5.32 Å². The average molecular weight is 332 g/mol. The second kappa shape index (κ2) is 5.76. The van der Waals surface area contributed by atoms with Crippen LogP contribution in [0.3, 0.4) is 0 Å². The van der Waals surface area contributed by atoms with Gasteiger partial charge >= 0.3 is 0 Å². The molecule has 2 aliphatic heterocycles. The van der Waals surface area contributed by atoms with Crippen molar-refractivity contribution in [3.05, 3.63) is 32.8 Å². The number of hydrogen-bond acceptors (Lipinski definition) is 3. The smallest absolute Gasteiger partial charge is 0.253 e. The van der Waals surface area contributed by atoms with Gasteiger partial charge in [0.1, 0.15) is 0 Å². The summed E-state index contributed by atoms with van der Waals surface area (Å²) in [5, 5.41) is 3.93. The van der Waals surface area contributed by atoms with Crippen LogP contribution in [0.4, 0.5) is 0 Å². The predicted octanol–water partition coefficient (Wildman–Crippen LogP) is 3.33. The Morgan fingerprint density at radius 3 is 2.80 bits per heavy atom. The van der Waals surface area contributed by atoms with Crippen LogP contribution in [0.15, 0.2) is 6.07 Å². The Hall–Kier alpha value is -0.420. The van der Waals surface area contributed by atoms with Crippen molar-refractivity contribution in [3.8, 4) is 0 Å². The lowest BCUT2D eigenvalue weighted by atomic mass is 9.91. The topological polar surface area (TPSA) is 38.3 Å². The first kappa shape index (κ1) is 14.5. The molecule has 1 atom stereocenters. The van der Waals surface area contributed by atoms with Crippen molar-refractivity contribution >= 4 is 40.9 Å². The van der Waals surface area contributed by atoms with E-state index >= 15 is 0 Å². The van der Waals surface area contributed by atoms with Crippen LogP contribution in [0, 0.1) is 5.92 Å². The molecule has 2 heterocycles. The van der Waals surface area contributed by atoms with E-state index in [1.165, 1.54) is 0 Å². The summed E-state index contributed by atoms with van der Waals surface area (Å²) in [5.74, 6) is 2.40. The van der Waals surface area contributed by atoms with Crippen LogP contribution in [0.1, 0.15) is 27.6 Å². The molecule has 0 aromatic heterocycles. The van der Waals surface area contributed by atoms with E-state index in [4.69, 9.17) is 27.9 Å². The standard InChI is InChI=1S/C14H15Cl2NO2S/c1-19-13(7-5-20-6-7)9-4-10(15)8-2-3-17-14(18)11(8)12(9)16/h4,7,13H,2-3,5-6H2,1H3,(H,17,18). The number of carbonyl (C=O) groups excluding carboxylic acids is 1. The fourth-order valence-electron chi connectivity index (χ4n) is 2.76. The van der Waals surface area contributed by atoms with Gasteiger partial charge in [-0.15, -0.1) is 0 Å². The number of amides is 1. The van der Waals surface area contributed by atoms with Gasteiger partial charge in [0, 0.05) is 30.2 Å². The van der Waals surface area contributed by atoms with E-state index in [-0.39, 0.29) is 12.0 Å². The van der Waals surface area contributed by atoms with Crippen molar-refractivity contribution in [1.82, 2.24) is 5.32 Å². The van der Waals surface area contributed by atoms with Crippen LogP contribution in [-0.2, 0) is 11.2 Å². The number of halogens is 2. The van der Waals surface area contributed by atoms with E-state index in [1.807, 2.05) is 17.8 Å². The number of methoxy groups -OCH3 is 1. The van der Waals surface area contributed by atoms with Gasteiger partial charge in [0.25, 0.3) is 5.91 Å². The molecule has 1 aromatic rings. The lowest BCUT2D eigenvalue weighted by Crippen LogP contribution is -2.33. The van der Waals surface area contributed by atoms with Crippen LogP contribution >= 0.6 is 35.0 Å². The highest BCUT2D eigenvalue weighted by atomic mass is 35.5. The molecule has 1 saturated heterocycles. The van der Waals surface area contributed by atoms with Crippen molar-refractivity contribution < 1.29 is 9.53 Å². The first-order valence-electron chi connectivity index (χ1n) is 6.53. The van der Waals surface area contributed by atoms with E-state index in [0.29, 0.717) is 28.1 Å². The van der Waals surface area contributed by atoms with Crippen molar-refractivity contribution in [3.63, 3.8) is 0 Å². The van der Waals surface area contributed by atoms with Crippen molar-refractivity contribution in [2.45, 2.75) is 12.5 Å². The minimum Gasteiger partial charge on any atom is -0.376 e. The fourth-order valence-corrected chi connectivity index (χ4v) is 4.29. The summed E-state index contributed by atoms with van der Waals surface area (Å²) in [6.07, 6.45) is 0.623. The molecular weight excluding hydrogens is 317 g/mol. The van der Waals surface area contributed by atoms with Gasteiger partial charge in [0.2, 0.25) is 0 Å². The van der Waals surface area contributed by atoms with E-state index < -0.39 is 0 Å². The maximum absolute atomic E-state index is 12.1. The molecule has 0 spiro atoms.